The molecule has 1 N–H and O–H groups in total. The number of aromatic amines is 1. The average molecular weight is 314 g/mol. The van der Waals surface area contributed by atoms with Gasteiger partial charge in [0.15, 0.2) is 0 Å². The van der Waals surface area contributed by atoms with Gasteiger partial charge in [-0.25, -0.2) is 0 Å². The second-order valence-corrected chi connectivity index (χ2v) is 7.27. The van der Waals surface area contributed by atoms with E-state index in [1.54, 1.807) is 0 Å². The molecule has 1 aliphatic heterocycles. The number of rotatable bonds is 5. The van der Waals surface area contributed by atoms with E-state index in [1.807, 2.05) is 0 Å². The average Bonchev–Trinajstić information content (AvgIpc) is 3.09. The molecule has 1 saturated heterocycles. The molecule has 0 unspecified atom stereocenters. The number of likely N-dealkylation sites (N-methyl/N-ethyl adjacent to an activating group) is 1. The van der Waals surface area contributed by atoms with Crippen LogP contribution in [0.1, 0.15) is 46.1 Å². The zero-order chi connectivity index (χ0) is 16.6. The van der Waals surface area contributed by atoms with Crippen LogP contribution in [-0.4, -0.2) is 34.8 Å². The third-order valence-corrected chi connectivity index (χ3v) is 5.71. The maximum Gasteiger partial charge on any atom is 0.113 e. The smallest absolute Gasteiger partial charge is 0.113 e. The van der Waals surface area contributed by atoms with Crippen molar-refractivity contribution in [2.75, 3.05) is 7.05 Å². The highest BCUT2D eigenvalue weighted by Gasteiger charge is 2.50. The maximum atomic E-state index is 6.61. The molecule has 23 heavy (non-hydrogen) atoms. The molecule has 3 rings (SSSR count). The first-order chi connectivity index (χ1) is 11.0. The SMILES string of the molecule is CCC1(CC)O[C@@H](C(C)C)N(C)[C@H]1Cc1c[nH]c2ccccc12. The standard InChI is InChI=1S/C20H30N2O/c1-6-20(7-2)18(22(5)19(23-20)14(3)4)12-15-13-21-17-11-9-8-10-16(15)17/h8-11,13-14,18-19,21H,6-7,12H2,1-5H3/t18-,19-/m0/s1. The van der Waals surface area contributed by atoms with Gasteiger partial charge in [0.2, 0.25) is 0 Å². The molecule has 1 aromatic carbocycles. The van der Waals surface area contributed by atoms with Gasteiger partial charge in [-0.2, -0.15) is 0 Å². The lowest BCUT2D eigenvalue weighted by Crippen LogP contribution is -2.45. The van der Waals surface area contributed by atoms with Gasteiger partial charge in [-0.15, -0.1) is 0 Å². The Morgan fingerprint density at radius 2 is 1.91 bits per heavy atom. The Morgan fingerprint density at radius 1 is 1.22 bits per heavy atom. The molecule has 3 heteroatoms. The van der Waals surface area contributed by atoms with E-state index in [1.165, 1.54) is 16.5 Å². The molecule has 126 valence electrons. The Kier molecular flexibility index (Phi) is 4.52. The third-order valence-electron chi connectivity index (χ3n) is 5.71. The van der Waals surface area contributed by atoms with Crippen LogP contribution in [0.4, 0.5) is 0 Å². The summed E-state index contributed by atoms with van der Waals surface area (Å²) in [6, 6.07) is 9.00. The maximum absolute atomic E-state index is 6.61. The number of hydrogen-bond donors (Lipinski definition) is 1. The van der Waals surface area contributed by atoms with Crippen LogP contribution in [-0.2, 0) is 11.2 Å². The van der Waals surface area contributed by atoms with E-state index < -0.39 is 0 Å². The highest BCUT2D eigenvalue weighted by molar-refractivity contribution is 5.83. The Hall–Kier alpha value is -1.32. The summed E-state index contributed by atoms with van der Waals surface area (Å²) in [5.41, 5.74) is 2.59. The van der Waals surface area contributed by atoms with Gasteiger partial charge in [0.05, 0.1) is 5.60 Å². The number of nitrogens with one attached hydrogen (secondary N) is 1. The van der Waals surface area contributed by atoms with Crippen LogP contribution in [0.25, 0.3) is 10.9 Å². The number of ether oxygens (including phenoxy) is 1. The van der Waals surface area contributed by atoms with Crippen molar-refractivity contribution in [3.8, 4) is 0 Å². The number of H-pyrrole nitrogens is 1. The lowest BCUT2D eigenvalue weighted by molar-refractivity contribution is -0.0809. The first-order valence-corrected chi connectivity index (χ1v) is 8.97. The van der Waals surface area contributed by atoms with Crippen LogP contribution in [0.5, 0.6) is 0 Å². The van der Waals surface area contributed by atoms with E-state index in [0.29, 0.717) is 12.0 Å². The summed E-state index contributed by atoms with van der Waals surface area (Å²) in [4.78, 5) is 5.89. The summed E-state index contributed by atoms with van der Waals surface area (Å²) in [6.45, 7) is 9.04. The molecule has 1 aliphatic rings. The Morgan fingerprint density at radius 3 is 2.57 bits per heavy atom. The molecule has 2 aromatic rings. The van der Waals surface area contributed by atoms with Crippen LogP contribution in [0.15, 0.2) is 30.5 Å². The summed E-state index contributed by atoms with van der Waals surface area (Å²) >= 11 is 0. The van der Waals surface area contributed by atoms with Crippen LogP contribution >= 0.6 is 0 Å². The first kappa shape index (κ1) is 16.5. The van der Waals surface area contributed by atoms with Crippen LogP contribution in [0.2, 0.25) is 0 Å². The fourth-order valence-electron chi connectivity index (χ4n) is 4.28. The molecule has 0 amide bonds. The van der Waals surface area contributed by atoms with Crippen LogP contribution in [0.3, 0.4) is 0 Å². The van der Waals surface area contributed by atoms with Crippen molar-refractivity contribution in [1.82, 2.24) is 9.88 Å². The highest BCUT2D eigenvalue weighted by atomic mass is 16.5. The minimum absolute atomic E-state index is 0.0396. The van der Waals surface area contributed by atoms with Crippen LogP contribution in [0, 0.1) is 5.92 Å². The van der Waals surface area contributed by atoms with Gasteiger partial charge >= 0.3 is 0 Å². The van der Waals surface area contributed by atoms with Gasteiger partial charge in [0.25, 0.3) is 0 Å². The molecule has 1 fully saturated rings. The summed E-state index contributed by atoms with van der Waals surface area (Å²) in [6.07, 6.45) is 5.54. The van der Waals surface area contributed by atoms with Crippen molar-refractivity contribution >= 4 is 10.9 Å². The lowest BCUT2D eigenvalue weighted by atomic mass is 9.84. The van der Waals surface area contributed by atoms with Gasteiger partial charge in [-0.1, -0.05) is 45.9 Å². The van der Waals surface area contributed by atoms with Crippen molar-refractivity contribution in [2.45, 2.75) is 64.8 Å². The van der Waals surface area contributed by atoms with Gasteiger partial charge in [-0.3, -0.25) is 4.90 Å². The fourth-order valence-corrected chi connectivity index (χ4v) is 4.28. The van der Waals surface area contributed by atoms with Gasteiger partial charge in [0.1, 0.15) is 6.23 Å². The number of aromatic nitrogens is 1. The van der Waals surface area contributed by atoms with E-state index in [9.17, 15) is 0 Å². The van der Waals surface area contributed by atoms with E-state index in [4.69, 9.17) is 4.74 Å². The number of para-hydroxylation sites is 1. The van der Waals surface area contributed by atoms with Crippen molar-refractivity contribution < 1.29 is 4.74 Å². The number of benzene rings is 1. The molecular formula is C20H30N2O. The number of nitrogens with zero attached hydrogens (tertiary/aromatic N) is 1. The molecule has 2 heterocycles. The quantitative estimate of drug-likeness (QED) is 0.875. The number of hydrogen-bond acceptors (Lipinski definition) is 2. The third kappa shape index (κ3) is 2.70. The fraction of sp³-hybridized carbons (Fsp3) is 0.600. The van der Waals surface area contributed by atoms with Gasteiger partial charge < -0.3 is 9.72 Å². The lowest BCUT2D eigenvalue weighted by Gasteiger charge is -2.33. The van der Waals surface area contributed by atoms with E-state index >= 15 is 0 Å². The van der Waals surface area contributed by atoms with Crippen molar-refractivity contribution in [3.05, 3.63) is 36.0 Å². The van der Waals surface area contributed by atoms with Crippen molar-refractivity contribution in [2.24, 2.45) is 5.92 Å². The molecule has 3 nitrogen and oxygen atoms in total. The van der Waals surface area contributed by atoms with E-state index in [0.717, 1.165) is 19.3 Å². The Bertz CT molecular complexity index is 656. The monoisotopic (exact) mass is 314 g/mol. The largest absolute Gasteiger partial charge is 0.361 e. The van der Waals surface area contributed by atoms with Gasteiger partial charge in [-0.05, 0) is 43.9 Å². The first-order valence-electron chi connectivity index (χ1n) is 8.97. The summed E-state index contributed by atoms with van der Waals surface area (Å²) in [5, 5.41) is 1.34. The predicted octanol–water partition coefficient (Wildman–Crippen LogP) is 4.58. The van der Waals surface area contributed by atoms with Crippen molar-refractivity contribution in [1.29, 1.82) is 0 Å². The Balaban J connectivity index is 1.95. The zero-order valence-electron chi connectivity index (χ0n) is 15.1. The van der Waals surface area contributed by atoms with E-state index in [2.05, 4.69) is 75.1 Å². The summed E-state index contributed by atoms with van der Waals surface area (Å²) in [5.74, 6) is 0.505. The molecular weight excluding hydrogens is 284 g/mol. The van der Waals surface area contributed by atoms with Crippen molar-refractivity contribution in [3.63, 3.8) is 0 Å². The zero-order valence-corrected chi connectivity index (χ0v) is 15.1. The molecule has 0 radical (unpaired) electrons. The highest BCUT2D eigenvalue weighted by Crippen LogP contribution is 2.41. The minimum Gasteiger partial charge on any atom is -0.361 e. The second kappa shape index (κ2) is 6.29. The summed E-state index contributed by atoms with van der Waals surface area (Å²) in [7, 11) is 2.23. The molecule has 0 spiro atoms. The molecule has 0 aliphatic carbocycles. The van der Waals surface area contributed by atoms with Gasteiger partial charge in [0, 0.05) is 23.1 Å². The Labute approximate surface area is 140 Å². The second-order valence-electron chi connectivity index (χ2n) is 7.27. The predicted molar refractivity (Wildman–Crippen MR) is 96.6 cm³/mol. The topological polar surface area (TPSA) is 28.3 Å². The molecule has 1 aromatic heterocycles. The minimum atomic E-state index is -0.0396. The normalized spacial score (nSPS) is 24.8. The van der Waals surface area contributed by atoms with Crippen LogP contribution < -0.4 is 0 Å². The number of fused-ring (bicyclic) bond motifs is 1. The molecule has 0 bridgehead atoms. The molecule has 2 atom stereocenters. The molecule has 0 saturated carbocycles. The van der Waals surface area contributed by atoms with E-state index in [-0.39, 0.29) is 11.8 Å². The summed E-state index contributed by atoms with van der Waals surface area (Å²) < 4.78 is 6.61.